The predicted molar refractivity (Wildman–Crippen MR) is 115 cm³/mol. The fourth-order valence-electron chi connectivity index (χ4n) is 2.78. The van der Waals surface area contributed by atoms with Crippen molar-refractivity contribution in [2.45, 2.75) is 27.3 Å². The van der Waals surface area contributed by atoms with Gasteiger partial charge in [0.25, 0.3) is 5.91 Å². The lowest BCUT2D eigenvalue weighted by Gasteiger charge is -2.08. The number of benzene rings is 2. The Hall–Kier alpha value is -3.12. The van der Waals surface area contributed by atoms with E-state index in [-0.39, 0.29) is 12.5 Å². The minimum absolute atomic E-state index is 0.123. The monoisotopic (exact) mass is 410 g/mol. The van der Waals surface area contributed by atoms with Crippen molar-refractivity contribution in [2.24, 2.45) is 5.10 Å². The van der Waals surface area contributed by atoms with E-state index < -0.39 is 0 Å². The normalized spacial score (nSPS) is 11.0. The Labute approximate surface area is 175 Å². The molecule has 0 unspecified atom stereocenters. The molecule has 7 heteroatoms. The van der Waals surface area contributed by atoms with Crippen molar-refractivity contribution in [3.8, 4) is 5.75 Å². The van der Waals surface area contributed by atoms with Crippen molar-refractivity contribution in [1.82, 2.24) is 15.2 Å². The molecule has 150 valence electrons. The van der Waals surface area contributed by atoms with Crippen LogP contribution in [-0.4, -0.2) is 28.5 Å². The van der Waals surface area contributed by atoms with Crippen LogP contribution in [0.2, 0.25) is 5.15 Å². The lowest BCUT2D eigenvalue weighted by atomic mass is 10.1. The van der Waals surface area contributed by atoms with Crippen LogP contribution < -0.4 is 10.2 Å². The summed E-state index contributed by atoms with van der Waals surface area (Å²) in [6, 6.07) is 15.8. The van der Waals surface area contributed by atoms with Gasteiger partial charge in [0, 0.05) is 0 Å². The highest BCUT2D eigenvalue weighted by Gasteiger charge is 2.12. The number of rotatable bonds is 7. The zero-order chi connectivity index (χ0) is 20.8. The molecule has 1 N–H and O–H groups in total. The number of carbonyl (C=O) groups excluding carboxylic acids is 1. The molecule has 3 rings (SSSR count). The summed E-state index contributed by atoms with van der Waals surface area (Å²) in [5, 5.41) is 8.92. The average molecular weight is 411 g/mol. The smallest absolute Gasteiger partial charge is 0.277 e. The number of hydrogen-bond donors (Lipinski definition) is 1. The molecule has 1 heterocycles. The van der Waals surface area contributed by atoms with Crippen molar-refractivity contribution >= 4 is 23.7 Å². The SMILES string of the molecule is Cc1ccc(C)c(OCC(=O)N/N=C/c2c(C)nn(Cc3ccccc3)c2Cl)c1. The number of nitrogens with zero attached hydrogens (tertiary/aromatic N) is 3. The molecule has 6 nitrogen and oxygen atoms in total. The van der Waals surface area contributed by atoms with Gasteiger partial charge >= 0.3 is 0 Å². The molecule has 1 aromatic heterocycles. The Morgan fingerprint density at radius 1 is 1.21 bits per heavy atom. The molecule has 1 amide bonds. The minimum atomic E-state index is -0.354. The second-order valence-electron chi connectivity index (χ2n) is 6.78. The van der Waals surface area contributed by atoms with Gasteiger partial charge in [0.2, 0.25) is 0 Å². The summed E-state index contributed by atoms with van der Waals surface area (Å²) in [4.78, 5) is 12.0. The van der Waals surface area contributed by atoms with Crippen LogP contribution in [0.5, 0.6) is 5.75 Å². The van der Waals surface area contributed by atoms with Crippen LogP contribution in [0, 0.1) is 20.8 Å². The van der Waals surface area contributed by atoms with Gasteiger partial charge in [-0.2, -0.15) is 10.2 Å². The van der Waals surface area contributed by atoms with Crippen molar-refractivity contribution < 1.29 is 9.53 Å². The number of hydrogen-bond acceptors (Lipinski definition) is 4. The fraction of sp³-hybridized carbons (Fsp3) is 0.227. The molecule has 0 aliphatic heterocycles. The van der Waals surface area contributed by atoms with Crippen LogP contribution in [0.3, 0.4) is 0 Å². The molecule has 0 atom stereocenters. The first-order valence-electron chi connectivity index (χ1n) is 9.23. The topological polar surface area (TPSA) is 68.5 Å². The molecular weight excluding hydrogens is 388 g/mol. The van der Waals surface area contributed by atoms with Crippen LogP contribution in [-0.2, 0) is 11.3 Å². The highest BCUT2D eigenvalue weighted by Crippen LogP contribution is 2.20. The van der Waals surface area contributed by atoms with Gasteiger partial charge in [-0.1, -0.05) is 54.1 Å². The number of amides is 1. The van der Waals surface area contributed by atoms with Gasteiger partial charge in [-0.3, -0.25) is 4.79 Å². The van der Waals surface area contributed by atoms with Gasteiger partial charge < -0.3 is 4.74 Å². The molecule has 29 heavy (non-hydrogen) atoms. The van der Waals surface area contributed by atoms with Crippen LogP contribution in [0.25, 0.3) is 0 Å². The highest BCUT2D eigenvalue weighted by molar-refractivity contribution is 6.32. The van der Waals surface area contributed by atoms with E-state index in [0.717, 1.165) is 22.4 Å². The minimum Gasteiger partial charge on any atom is -0.483 e. The Balaban J connectivity index is 1.58. The summed E-state index contributed by atoms with van der Waals surface area (Å²) < 4.78 is 7.28. The number of halogens is 1. The summed E-state index contributed by atoms with van der Waals surface area (Å²) in [6.45, 7) is 6.19. The summed E-state index contributed by atoms with van der Waals surface area (Å²) in [6.07, 6.45) is 1.50. The molecule has 0 aliphatic carbocycles. The van der Waals surface area contributed by atoms with Crippen LogP contribution in [0.4, 0.5) is 0 Å². The van der Waals surface area contributed by atoms with E-state index in [4.69, 9.17) is 16.3 Å². The first-order chi connectivity index (χ1) is 13.9. The Kier molecular flexibility index (Phi) is 6.67. The van der Waals surface area contributed by atoms with Crippen LogP contribution in [0.1, 0.15) is 27.9 Å². The van der Waals surface area contributed by atoms with Gasteiger partial charge in [-0.15, -0.1) is 0 Å². The maximum atomic E-state index is 12.0. The van der Waals surface area contributed by atoms with E-state index >= 15 is 0 Å². The summed E-state index contributed by atoms with van der Waals surface area (Å²) in [7, 11) is 0. The fourth-order valence-corrected chi connectivity index (χ4v) is 3.07. The molecule has 0 bridgehead atoms. The van der Waals surface area contributed by atoms with Crippen molar-refractivity contribution in [1.29, 1.82) is 0 Å². The quantitative estimate of drug-likeness (QED) is 0.472. The lowest BCUT2D eigenvalue weighted by Crippen LogP contribution is -2.24. The molecular formula is C22H23ClN4O2. The highest BCUT2D eigenvalue weighted by atomic mass is 35.5. The zero-order valence-corrected chi connectivity index (χ0v) is 17.4. The van der Waals surface area contributed by atoms with E-state index in [1.165, 1.54) is 6.21 Å². The predicted octanol–water partition coefficient (Wildman–Crippen LogP) is 4.04. The van der Waals surface area contributed by atoms with E-state index in [1.54, 1.807) is 4.68 Å². The molecule has 0 saturated heterocycles. The van der Waals surface area contributed by atoms with Crippen molar-refractivity contribution in [3.63, 3.8) is 0 Å². The van der Waals surface area contributed by atoms with Crippen molar-refractivity contribution in [3.05, 3.63) is 81.6 Å². The van der Waals surface area contributed by atoms with Gasteiger partial charge in [0.15, 0.2) is 6.61 Å². The standard InChI is InChI=1S/C22H23ClN4O2/c1-15-9-10-16(2)20(11-15)29-14-21(28)25-24-12-19-17(3)26-27(22(19)23)13-18-7-5-4-6-8-18/h4-12H,13-14H2,1-3H3,(H,25,28)/b24-12+. The van der Waals surface area contributed by atoms with E-state index in [9.17, 15) is 4.79 Å². The summed E-state index contributed by atoms with van der Waals surface area (Å²) in [5.74, 6) is 0.331. The maximum Gasteiger partial charge on any atom is 0.277 e. The molecule has 0 fully saturated rings. The van der Waals surface area contributed by atoms with E-state index in [0.29, 0.717) is 23.0 Å². The van der Waals surface area contributed by atoms with E-state index in [1.807, 2.05) is 69.3 Å². The molecule has 3 aromatic rings. The number of ether oxygens (including phenoxy) is 1. The third-order valence-corrected chi connectivity index (χ3v) is 4.77. The summed E-state index contributed by atoms with van der Waals surface area (Å²) in [5.41, 5.74) is 6.99. The lowest BCUT2D eigenvalue weighted by molar-refractivity contribution is -0.123. The van der Waals surface area contributed by atoms with Crippen LogP contribution in [0.15, 0.2) is 53.6 Å². The molecule has 2 aromatic carbocycles. The second-order valence-corrected chi connectivity index (χ2v) is 7.14. The summed E-state index contributed by atoms with van der Waals surface area (Å²) >= 11 is 6.44. The first kappa shape index (κ1) is 20.6. The molecule has 0 spiro atoms. The molecule has 0 radical (unpaired) electrons. The van der Waals surface area contributed by atoms with Gasteiger partial charge in [-0.25, -0.2) is 10.1 Å². The van der Waals surface area contributed by atoms with Crippen LogP contribution >= 0.6 is 11.6 Å². The number of hydrazone groups is 1. The van der Waals surface area contributed by atoms with Gasteiger partial charge in [-0.05, 0) is 43.5 Å². The number of aryl methyl sites for hydroxylation is 3. The number of aromatic nitrogens is 2. The van der Waals surface area contributed by atoms with E-state index in [2.05, 4.69) is 15.6 Å². The Morgan fingerprint density at radius 3 is 2.72 bits per heavy atom. The average Bonchev–Trinajstić information content (AvgIpc) is 2.97. The Bertz CT molecular complexity index is 1030. The molecule has 0 aliphatic rings. The zero-order valence-electron chi connectivity index (χ0n) is 16.6. The third kappa shape index (κ3) is 5.45. The largest absolute Gasteiger partial charge is 0.483 e. The maximum absolute atomic E-state index is 12.0. The number of carbonyl (C=O) groups is 1. The molecule has 0 saturated carbocycles. The Morgan fingerprint density at radius 2 is 1.97 bits per heavy atom. The second kappa shape index (κ2) is 9.39. The first-order valence-corrected chi connectivity index (χ1v) is 9.60. The van der Waals surface area contributed by atoms with Gasteiger partial charge in [0.05, 0.1) is 24.0 Å². The van der Waals surface area contributed by atoms with Gasteiger partial charge in [0.1, 0.15) is 10.9 Å². The number of nitrogens with one attached hydrogen (secondary N) is 1. The third-order valence-electron chi connectivity index (χ3n) is 4.37. The van der Waals surface area contributed by atoms with Crippen molar-refractivity contribution in [2.75, 3.05) is 6.61 Å².